The van der Waals surface area contributed by atoms with Gasteiger partial charge in [-0.2, -0.15) is 10.2 Å². The number of benzene rings is 1. The zero-order valence-corrected chi connectivity index (χ0v) is 17.9. The van der Waals surface area contributed by atoms with Crippen molar-refractivity contribution >= 4 is 28.9 Å². The van der Waals surface area contributed by atoms with Crippen molar-refractivity contribution in [3.63, 3.8) is 0 Å². The van der Waals surface area contributed by atoms with Crippen LogP contribution in [-0.2, 0) is 7.05 Å². The number of aryl methyl sites for hydroxylation is 2. The van der Waals surface area contributed by atoms with Crippen molar-refractivity contribution in [1.82, 2.24) is 14.5 Å². The van der Waals surface area contributed by atoms with E-state index >= 15 is 0 Å². The lowest BCUT2D eigenvalue weighted by Crippen LogP contribution is -2.41. The molecule has 0 radical (unpaired) electrons. The molecule has 1 amide bonds. The van der Waals surface area contributed by atoms with E-state index in [0.717, 1.165) is 54.9 Å². The summed E-state index contributed by atoms with van der Waals surface area (Å²) in [5.41, 5.74) is 4.80. The molecule has 7 heteroatoms. The molecule has 2 heterocycles. The first-order chi connectivity index (χ1) is 13.9. The van der Waals surface area contributed by atoms with Crippen LogP contribution in [0.5, 0.6) is 0 Å². The maximum absolute atomic E-state index is 12.9. The zero-order chi connectivity index (χ0) is 20.5. The molecular formula is C22H26ClN5O. The minimum atomic E-state index is 0.0222. The third-order valence-electron chi connectivity index (χ3n) is 6.10. The first-order valence-electron chi connectivity index (χ1n) is 10.1. The van der Waals surface area contributed by atoms with E-state index in [1.165, 1.54) is 0 Å². The van der Waals surface area contributed by atoms with E-state index in [2.05, 4.69) is 15.2 Å². The molecule has 1 aromatic heterocycles. The smallest absolute Gasteiger partial charge is 0.253 e. The second-order valence-corrected chi connectivity index (χ2v) is 8.48. The fourth-order valence-corrected chi connectivity index (χ4v) is 4.68. The van der Waals surface area contributed by atoms with Gasteiger partial charge in [-0.25, -0.2) is 4.98 Å². The summed E-state index contributed by atoms with van der Waals surface area (Å²) in [7, 11) is 3.89. The zero-order valence-electron chi connectivity index (χ0n) is 17.1. The van der Waals surface area contributed by atoms with Gasteiger partial charge < -0.3 is 9.47 Å². The number of rotatable bonds is 4. The van der Waals surface area contributed by atoms with Gasteiger partial charge in [0.1, 0.15) is 0 Å². The maximum atomic E-state index is 12.9. The van der Waals surface area contributed by atoms with Crippen LogP contribution >= 0.6 is 11.6 Å². The third-order valence-corrected chi connectivity index (χ3v) is 6.33. The minimum absolute atomic E-state index is 0.0222. The summed E-state index contributed by atoms with van der Waals surface area (Å²) in [6, 6.07) is 7.36. The second-order valence-electron chi connectivity index (χ2n) is 8.05. The molecule has 0 saturated heterocycles. The van der Waals surface area contributed by atoms with Crippen molar-refractivity contribution < 1.29 is 4.79 Å². The van der Waals surface area contributed by atoms with E-state index < -0.39 is 0 Å². The van der Waals surface area contributed by atoms with Gasteiger partial charge >= 0.3 is 0 Å². The Morgan fingerprint density at radius 1 is 1.28 bits per heavy atom. The number of hydrogen-bond donors (Lipinski definition) is 0. The summed E-state index contributed by atoms with van der Waals surface area (Å²) in [6.45, 7) is 2.00. The molecule has 2 atom stereocenters. The predicted octanol–water partition coefficient (Wildman–Crippen LogP) is 4.26. The van der Waals surface area contributed by atoms with Crippen molar-refractivity contribution in [3.05, 3.63) is 52.6 Å². The summed E-state index contributed by atoms with van der Waals surface area (Å²) >= 11 is 6.06. The Morgan fingerprint density at radius 2 is 2.10 bits per heavy atom. The van der Waals surface area contributed by atoms with E-state index in [0.29, 0.717) is 16.5 Å². The molecule has 1 aliphatic heterocycles. The Bertz CT molecular complexity index is 973. The van der Waals surface area contributed by atoms with Crippen molar-refractivity contribution in [2.24, 2.45) is 23.2 Å². The van der Waals surface area contributed by atoms with Crippen LogP contribution in [0.25, 0.3) is 0 Å². The van der Waals surface area contributed by atoms with E-state index in [-0.39, 0.29) is 11.9 Å². The lowest BCUT2D eigenvalue weighted by atomic mass is 9.80. The highest BCUT2D eigenvalue weighted by Gasteiger charge is 2.33. The fourth-order valence-electron chi connectivity index (χ4n) is 4.49. The molecule has 6 nitrogen and oxygen atoms in total. The van der Waals surface area contributed by atoms with Crippen LogP contribution in [0.3, 0.4) is 0 Å². The van der Waals surface area contributed by atoms with Crippen molar-refractivity contribution in [1.29, 1.82) is 0 Å². The van der Waals surface area contributed by atoms with Crippen LogP contribution in [0.4, 0.5) is 0 Å². The molecule has 2 aromatic rings. The molecule has 0 spiro atoms. The highest BCUT2D eigenvalue weighted by molar-refractivity contribution is 6.31. The maximum Gasteiger partial charge on any atom is 0.253 e. The summed E-state index contributed by atoms with van der Waals surface area (Å²) < 4.78 is 2.01. The highest BCUT2D eigenvalue weighted by Crippen LogP contribution is 2.32. The largest absolute Gasteiger partial charge is 0.339 e. The van der Waals surface area contributed by atoms with Crippen LogP contribution < -0.4 is 0 Å². The fraction of sp³-hybridized carbons (Fsp3) is 0.455. The van der Waals surface area contributed by atoms with E-state index in [1.54, 1.807) is 12.1 Å². The van der Waals surface area contributed by atoms with Crippen molar-refractivity contribution in [2.75, 3.05) is 7.05 Å². The van der Waals surface area contributed by atoms with Gasteiger partial charge in [0.25, 0.3) is 5.91 Å². The van der Waals surface area contributed by atoms with Crippen molar-refractivity contribution in [3.8, 4) is 0 Å². The molecule has 0 N–H and O–H groups in total. The van der Waals surface area contributed by atoms with E-state index in [4.69, 9.17) is 11.6 Å². The second kappa shape index (κ2) is 8.11. The Hall–Kier alpha value is -2.47. The quantitative estimate of drug-likeness (QED) is 0.754. The molecule has 29 heavy (non-hydrogen) atoms. The summed E-state index contributed by atoms with van der Waals surface area (Å²) in [4.78, 5) is 19.2. The molecule has 4 rings (SSSR count). The number of aromatic nitrogens is 2. The van der Waals surface area contributed by atoms with Gasteiger partial charge in [0, 0.05) is 48.8 Å². The Morgan fingerprint density at radius 3 is 2.83 bits per heavy atom. The van der Waals surface area contributed by atoms with Crippen LogP contribution in [0.15, 0.2) is 40.8 Å². The van der Waals surface area contributed by atoms with Gasteiger partial charge in [0.05, 0.1) is 23.4 Å². The number of amides is 1. The average Bonchev–Trinajstić information content (AvgIpc) is 3.33. The van der Waals surface area contributed by atoms with Gasteiger partial charge in [0.15, 0.2) is 0 Å². The average molecular weight is 412 g/mol. The molecule has 152 valence electrons. The Labute approximate surface area is 176 Å². The molecule has 1 aliphatic carbocycles. The number of nitrogens with zero attached hydrogens (tertiary/aromatic N) is 5. The van der Waals surface area contributed by atoms with Crippen LogP contribution in [-0.4, -0.2) is 44.9 Å². The number of imidazole rings is 1. The predicted molar refractivity (Wildman–Crippen MR) is 116 cm³/mol. The third kappa shape index (κ3) is 3.99. The minimum Gasteiger partial charge on any atom is -0.339 e. The summed E-state index contributed by atoms with van der Waals surface area (Å²) in [5, 5.41) is 9.58. The number of carbonyl (C=O) groups is 1. The highest BCUT2D eigenvalue weighted by atomic mass is 35.5. The lowest BCUT2D eigenvalue weighted by Gasteiger charge is -2.35. The summed E-state index contributed by atoms with van der Waals surface area (Å²) in [6.07, 6.45) is 6.71. The standard InChI is InChI=1S/C22H26ClN5O/c1-14-21(27(2)13-24-14)20-12-19(25-26-20)15-6-5-9-18(11-15)28(3)22(29)16-7-4-8-17(23)10-16/h4,7-8,10,13,15,18H,5-6,9,11-12H2,1-3H3/t15-,18+/m0/s1. The molecule has 2 aliphatic rings. The monoisotopic (exact) mass is 411 g/mol. The van der Waals surface area contributed by atoms with Gasteiger partial charge in [-0.3, -0.25) is 4.79 Å². The number of halogens is 1. The molecule has 0 unspecified atom stereocenters. The van der Waals surface area contributed by atoms with Crippen LogP contribution in [0.1, 0.15) is 53.8 Å². The van der Waals surface area contributed by atoms with Crippen LogP contribution in [0, 0.1) is 12.8 Å². The topological polar surface area (TPSA) is 62.9 Å². The van der Waals surface area contributed by atoms with Gasteiger partial charge in [0.2, 0.25) is 0 Å². The molecule has 1 saturated carbocycles. The first kappa shape index (κ1) is 19.8. The lowest BCUT2D eigenvalue weighted by molar-refractivity contribution is 0.0683. The van der Waals surface area contributed by atoms with Crippen molar-refractivity contribution in [2.45, 2.75) is 45.1 Å². The summed E-state index contributed by atoms with van der Waals surface area (Å²) in [5.74, 6) is 0.382. The Kier molecular flexibility index (Phi) is 5.54. The normalized spacial score (nSPS) is 21.7. The first-order valence-corrected chi connectivity index (χ1v) is 10.5. The van der Waals surface area contributed by atoms with E-state index in [1.807, 2.05) is 48.9 Å². The van der Waals surface area contributed by atoms with Crippen LogP contribution in [0.2, 0.25) is 5.02 Å². The molecule has 1 fully saturated rings. The number of hydrogen-bond acceptors (Lipinski definition) is 4. The number of carbonyl (C=O) groups excluding carboxylic acids is 1. The molecule has 1 aromatic carbocycles. The SMILES string of the molecule is Cc1ncn(C)c1C1=NN=C([C@H]2CCC[C@@H](N(C)C(=O)c3cccc(Cl)c3)C2)C1. The van der Waals surface area contributed by atoms with Gasteiger partial charge in [-0.15, -0.1) is 0 Å². The molecular weight excluding hydrogens is 386 g/mol. The van der Waals surface area contributed by atoms with E-state index in [9.17, 15) is 4.79 Å². The molecule has 0 bridgehead atoms. The van der Waals surface area contributed by atoms with Gasteiger partial charge in [-0.1, -0.05) is 24.1 Å². The van der Waals surface area contributed by atoms with Gasteiger partial charge in [-0.05, 0) is 44.4 Å². The Balaban J connectivity index is 1.42.